The molecule has 0 spiro atoms. The number of esters is 1. The first-order valence-electron chi connectivity index (χ1n) is 5.76. The first-order valence-corrected chi connectivity index (χ1v) is 6.92. The van der Waals surface area contributed by atoms with E-state index in [9.17, 15) is 9.59 Å². The predicted molar refractivity (Wildman–Crippen MR) is 72.2 cm³/mol. The number of amides is 1. The maximum Gasteiger partial charge on any atom is 0.325 e. The Morgan fingerprint density at radius 3 is 2.67 bits per heavy atom. The summed E-state index contributed by atoms with van der Waals surface area (Å²) in [5, 5.41) is 2.52. The highest BCUT2D eigenvalue weighted by molar-refractivity contribution is 7.99. The van der Waals surface area contributed by atoms with E-state index in [4.69, 9.17) is 4.74 Å². The summed E-state index contributed by atoms with van der Waals surface area (Å²) in [4.78, 5) is 22.4. The fourth-order valence-electron chi connectivity index (χ4n) is 1.27. The van der Waals surface area contributed by atoms with Crippen LogP contribution in [0.15, 0.2) is 30.3 Å². The maximum atomic E-state index is 11.4. The minimum Gasteiger partial charge on any atom is -0.465 e. The Bertz CT molecular complexity index is 381. The lowest BCUT2D eigenvalue weighted by Crippen LogP contribution is -2.31. The number of carbonyl (C=O) groups excluding carboxylic acids is 2. The highest BCUT2D eigenvalue weighted by atomic mass is 32.2. The Morgan fingerprint density at radius 1 is 1.28 bits per heavy atom. The summed E-state index contributed by atoms with van der Waals surface area (Å²) in [6.07, 6.45) is 0. The molecule has 0 atom stereocenters. The van der Waals surface area contributed by atoms with Crippen LogP contribution in [0.25, 0.3) is 0 Å². The van der Waals surface area contributed by atoms with Gasteiger partial charge in [-0.25, -0.2) is 0 Å². The number of hydrogen-bond acceptors (Lipinski definition) is 4. The molecule has 5 heteroatoms. The van der Waals surface area contributed by atoms with Gasteiger partial charge in [-0.2, -0.15) is 0 Å². The number of hydrogen-bond donors (Lipinski definition) is 1. The van der Waals surface area contributed by atoms with Crippen LogP contribution in [0.2, 0.25) is 0 Å². The van der Waals surface area contributed by atoms with Crippen LogP contribution in [0.3, 0.4) is 0 Å². The average molecular weight is 267 g/mol. The van der Waals surface area contributed by atoms with Gasteiger partial charge in [-0.1, -0.05) is 30.3 Å². The lowest BCUT2D eigenvalue weighted by atomic mass is 10.2. The predicted octanol–water partition coefficient (Wildman–Crippen LogP) is 1.60. The van der Waals surface area contributed by atoms with Crippen molar-refractivity contribution in [2.75, 3.05) is 18.9 Å². The first kappa shape index (κ1) is 14.6. The second kappa shape index (κ2) is 8.58. The third kappa shape index (κ3) is 6.30. The van der Waals surface area contributed by atoms with Crippen molar-refractivity contribution in [3.05, 3.63) is 35.9 Å². The Balaban J connectivity index is 2.12. The van der Waals surface area contributed by atoms with Gasteiger partial charge in [-0.3, -0.25) is 9.59 Å². The zero-order valence-electron chi connectivity index (χ0n) is 10.3. The van der Waals surface area contributed by atoms with Crippen LogP contribution in [0.4, 0.5) is 0 Å². The van der Waals surface area contributed by atoms with E-state index < -0.39 is 5.97 Å². The molecule has 1 rings (SSSR count). The summed E-state index contributed by atoms with van der Waals surface area (Å²) >= 11 is 1.52. The molecule has 1 amide bonds. The molecular formula is C13H17NO3S. The van der Waals surface area contributed by atoms with Crippen molar-refractivity contribution in [2.45, 2.75) is 12.7 Å². The molecular weight excluding hydrogens is 250 g/mol. The van der Waals surface area contributed by atoms with E-state index in [1.807, 2.05) is 30.3 Å². The summed E-state index contributed by atoms with van der Waals surface area (Å²) in [5.41, 5.74) is 1.18. The Kier molecular flexibility index (Phi) is 6.94. The van der Waals surface area contributed by atoms with E-state index in [-0.39, 0.29) is 12.5 Å². The van der Waals surface area contributed by atoms with Crippen LogP contribution >= 0.6 is 11.8 Å². The van der Waals surface area contributed by atoms with Gasteiger partial charge in [-0.05, 0) is 12.5 Å². The molecule has 0 saturated carbocycles. The van der Waals surface area contributed by atoms with E-state index in [2.05, 4.69) is 5.32 Å². The monoisotopic (exact) mass is 267 g/mol. The molecule has 0 saturated heterocycles. The topological polar surface area (TPSA) is 55.4 Å². The second-order valence-electron chi connectivity index (χ2n) is 3.56. The van der Waals surface area contributed by atoms with E-state index in [1.165, 1.54) is 17.3 Å². The Morgan fingerprint density at radius 2 is 2.00 bits per heavy atom. The molecule has 98 valence electrons. The average Bonchev–Trinajstić information content (AvgIpc) is 2.38. The van der Waals surface area contributed by atoms with Crippen LogP contribution in [0.1, 0.15) is 12.5 Å². The molecule has 0 aliphatic rings. The van der Waals surface area contributed by atoms with Crippen LogP contribution < -0.4 is 5.32 Å². The maximum absolute atomic E-state index is 11.4. The minimum atomic E-state index is -0.404. The molecule has 4 nitrogen and oxygen atoms in total. The van der Waals surface area contributed by atoms with Gasteiger partial charge in [0.15, 0.2) is 0 Å². The number of ether oxygens (including phenoxy) is 1. The molecule has 0 heterocycles. The van der Waals surface area contributed by atoms with Gasteiger partial charge in [0.1, 0.15) is 6.54 Å². The number of carbonyl (C=O) groups is 2. The molecule has 0 aliphatic heterocycles. The Labute approximate surface area is 111 Å². The smallest absolute Gasteiger partial charge is 0.325 e. The number of thioether (sulfide) groups is 1. The summed E-state index contributed by atoms with van der Waals surface area (Å²) in [6, 6.07) is 9.93. The third-order valence-corrected chi connectivity index (χ3v) is 3.08. The van der Waals surface area contributed by atoms with Crippen LogP contribution in [0, 0.1) is 0 Å². The molecule has 0 aliphatic carbocycles. The van der Waals surface area contributed by atoms with Crippen molar-refractivity contribution in [2.24, 2.45) is 0 Å². The first-order chi connectivity index (χ1) is 8.72. The quantitative estimate of drug-likeness (QED) is 0.762. The number of benzene rings is 1. The molecule has 1 aromatic carbocycles. The zero-order chi connectivity index (χ0) is 13.2. The molecule has 0 aromatic heterocycles. The van der Waals surface area contributed by atoms with Gasteiger partial charge in [0.25, 0.3) is 0 Å². The number of nitrogens with one attached hydrogen (secondary N) is 1. The second-order valence-corrected chi connectivity index (χ2v) is 4.55. The van der Waals surface area contributed by atoms with Gasteiger partial charge < -0.3 is 10.1 Å². The van der Waals surface area contributed by atoms with E-state index in [1.54, 1.807) is 6.92 Å². The van der Waals surface area contributed by atoms with Crippen LogP contribution in [0.5, 0.6) is 0 Å². The molecule has 1 N–H and O–H groups in total. The van der Waals surface area contributed by atoms with Crippen molar-refractivity contribution in [1.29, 1.82) is 0 Å². The zero-order valence-corrected chi connectivity index (χ0v) is 11.2. The summed E-state index contributed by atoms with van der Waals surface area (Å²) in [6.45, 7) is 2.01. The molecule has 0 fully saturated rings. The normalized spacial score (nSPS) is 9.83. The van der Waals surface area contributed by atoms with Crippen molar-refractivity contribution >= 4 is 23.6 Å². The van der Waals surface area contributed by atoms with Gasteiger partial charge in [0.2, 0.25) is 5.91 Å². The lowest BCUT2D eigenvalue weighted by Gasteiger charge is -2.05. The SMILES string of the molecule is CCOC(=O)CNC(=O)CSCc1ccccc1. The third-order valence-electron chi connectivity index (χ3n) is 2.08. The number of rotatable bonds is 7. The van der Waals surface area contributed by atoms with Gasteiger partial charge in [0.05, 0.1) is 12.4 Å². The van der Waals surface area contributed by atoms with Crippen LogP contribution in [-0.4, -0.2) is 30.8 Å². The van der Waals surface area contributed by atoms with Crippen molar-refractivity contribution in [1.82, 2.24) is 5.32 Å². The molecule has 1 aromatic rings. The molecule has 0 unspecified atom stereocenters. The molecule has 0 radical (unpaired) electrons. The van der Waals surface area contributed by atoms with E-state index in [0.717, 1.165) is 5.75 Å². The van der Waals surface area contributed by atoms with Gasteiger partial charge >= 0.3 is 5.97 Å². The van der Waals surface area contributed by atoms with Crippen LogP contribution in [-0.2, 0) is 20.1 Å². The summed E-state index contributed by atoms with van der Waals surface area (Å²) in [7, 11) is 0. The minimum absolute atomic E-state index is 0.0570. The fourth-order valence-corrected chi connectivity index (χ4v) is 2.09. The largest absolute Gasteiger partial charge is 0.465 e. The van der Waals surface area contributed by atoms with Crippen molar-refractivity contribution < 1.29 is 14.3 Å². The fraction of sp³-hybridized carbons (Fsp3) is 0.385. The Hall–Kier alpha value is -1.49. The standard InChI is InChI=1S/C13H17NO3S/c1-2-17-13(16)8-14-12(15)10-18-9-11-6-4-3-5-7-11/h3-7H,2,8-10H2,1H3,(H,14,15). The highest BCUT2D eigenvalue weighted by Crippen LogP contribution is 2.10. The van der Waals surface area contributed by atoms with E-state index in [0.29, 0.717) is 12.4 Å². The lowest BCUT2D eigenvalue weighted by molar-refractivity contribution is -0.143. The summed E-state index contributed by atoms with van der Waals surface area (Å²) in [5.74, 6) is 0.574. The van der Waals surface area contributed by atoms with Gasteiger partial charge in [0, 0.05) is 5.75 Å². The molecule has 18 heavy (non-hydrogen) atoms. The van der Waals surface area contributed by atoms with Crippen molar-refractivity contribution in [3.63, 3.8) is 0 Å². The van der Waals surface area contributed by atoms with Gasteiger partial charge in [-0.15, -0.1) is 11.8 Å². The van der Waals surface area contributed by atoms with Crippen molar-refractivity contribution in [3.8, 4) is 0 Å². The summed E-state index contributed by atoms with van der Waals surface area (Å²) < 4.78 is 4.71. The van der Waals surface area contributed by atoms with E-state index >= 15 is 0 Å². The molecule has 0 bridgehead atoms. The highest BCUT2D eigenvalue weighted by Gasteiger charge is 2.05.